The maximum atomic E-state index is 13.8. The maximum Gasteiger partial charge on any atom is 0.432 e. The number of carbonyl (C=O) groups excluding carboxylic acids is 1. The second kappa shape index (κ2) is 12.3. The third-order valence-electron chi connectivity index (χ3n) is 7.55. The first-order valence-electron chi connectivity index (χ1n) is 13.5. The third kappa shape index (κ3) is 6.42. The van der Waals surface area contributed by atoms with Crippen LogP contribution in [-0.4, -0.2) is 35.9 Å². The van der Waals surface area contributed by atoms with Gasteiger partial charge in [-0.3, -0.25) is 0 Å². The third-order valence-corrected chi connectivity index (χ3v) is 11.7. The number of sulfonamides is 1. The van der Waals surface area contributed by atoms with Crippen LogP contribution in [0.1, 0.15) is 36.5 Å². The summed E-state index contributed by atoms with van der Waals surface area (Å²) < 4.78 is 66.6. The van der Waals surface area contributed by atoms with Crippen molar-refractivity contribution >= 4 is 44.8 Å². The number of likely N-dealkylation sites (tertiary alicyclic amines) is 1. The van der Waals surface area contributed by atoms with Crippen LogP contribution in [0.4, 0.5) is 23.8 Å². The largest absolute Gasteiger partial charge is 0.432 e. The molecule has 1 unspecified atom stereocenters. The predicted molar refractivity (Wildman–Crippen MR) is 161 cm³/mol. The summed E-state index contributed by atoms with van der Waals surface area (Å²) in [6.07, 6.45) is -3.35. The number of halogens is 4. The first-order valence-corrected chi connectivity index (χ1v) is 16.2. The van der Waals surface area contributed by atoms with E-state index in [4.69, 9.17) is 11.6 Å². The van der Waals surface area contributed by atoms with Gasteiger partial charge >= 0.3 is 22.2 Å². The van der Waals surface area contributed by atoms with Crippen molar-refractivity contribution in [3.8, 4) is 11.3 Å². The van der Waals surface area contributed by atoms with E-state index in [1.54, 1.807) is 19.1 Å². The van der Waals surface area contributed by atoms with E-state index in [-0.39, 0.29) is 17.3 Å². The number of nitrogens with one attached hydrogen (secondary N) is 2. The first-order chi connectivity index (χ1) is 20.4. The molecule has 1 aliphatic rings. The molecule has 43 heavy (non-hydrogen) atoms. The lowest BCUT2D eigenvalue weighted by Gasteiger charge is -2.33. The number of hydrogen-bond donors (Lipinski definition) is 2. The van der Waals surface area contributed by atoms with E-state index in [2.05, 4.69) is 15.6 Å². The topological polar surface area (TPSA) is 88.2 Å². The number of quaternary nitrogens is 1. The van der Waals surface area contributed by atoms with Crippen molar-refractivity contribution in [2.45, 2.75) is 49.3 Å². The summed E-state index contributed by atoms with van der Waals surface area (Å²) in [5.74, 6) is 0.449. The standard InChI is InChI=1S/C30H28ClF3N4O3S2/c1-20-6-5-15-38(20,43(40,41)28-14-13-26(31)42-28)29(39)36-19-22-16-25(23-9-11-24(12-10-23)30(32,33)34)37-27(17-22)35-18-21-7-3-2-4-8-21/h2-4,7-14,16-17,20H,5-6,15,18-19H2,1H3,(H-,35,36,37,39)/p+1/t20-,38?/m1/s1. The van der Waals surface area contributed by atoms with E-state index in [9.17, 15) is 26.4 Å². The molecule has 0 spiro atoms. The number of urea groups is 1. The molecular weight excluding hydrogens is 621 g/mol. The Labute approximate surface area is 257 Å². The number of thiophene rings is 1. The fourth-order valence-electron chi connectivity index (χ4n) is 5.27. The number of carbonyl (C=O) groups is 1. The van der Waals surface area contributed by atoms with Crippen LogP contribution in [0.5, 0.6) is 0 Å². The van der Waals surface area contributed by atoms with Crippen LogP contribution < -0.4 is 10.6 Å². The number of rotatable bonds is 8. The average molecular weight is 650 g/mol. The van der Waals surface area contributed by atoms with Gasteiger partial charge in [0.15, 0.2) is 4.21 Å². The van der Waals surface area contributed by atoms with Crippen LogP contribution in [-0.2, 0) is 29.3 Å². The Balaban J connectivity index is 1.44. The van der Waals surface area contributed by atoms with Gasteiger partial charge in [-0.15, -0.1) is 15.2 Å². The number of aromatic nitrogens is 1. The van der Waals surface area contributed by atoms with Gasteiger partial charge in [0.25, 0.3) is 0 Å². The van der Waals surface area contributed by atoms with Crippen LogP contribution in [0, 0.1) is 0 Å². The number of amides is 2. The van der Waals surface area contributed by atoms with Gasteiger partial charge in [-0.2, -0.15) is 21.6 Å². The summed E-state index contributed by atoms with van der Waals surface area (Å²) in [5.41, 5.74) is 1.67. The smallest absolute Gasteiger partial charge is 0.366 e. The minimum Gasteiger partial charge on any atom is -0.366 e. The van der Waals surface area contributed by atoms with Crippen molar-refractivity contribution in [1.29, 1.82) is 0 Å². The highest BCUT2D eigenvalue weighted by molar-refractivity contribution is 7.88. The molecule has 3 heterocycles. The summed E-state index contributed by atoms with van der Waals surface area (Å²) in [6.45, 7) is 2.29. The molecule has 4 aromatic rings. The Morgan fingerprint density at radius 1 is 1.02 bits per heavy atom. The number of hydrogen-bond acceptors (Lipinski definition) is 6. The van der Waals surface area contributed by atoms with E-state index in [1.807, 2.05) is 30.3 Å². The summed E-state index contributed by atoms with van der Waals surface area (Å²) >= 11 is 6.95. The zero-order valence-electron chi connectivity index (χ0n) is 23.1. The SMILES string of the molecule is C[C@@H]1CCC[N+]1(C(=O)NCc1cc(NCc2ccccc2)nc(-c2ccc(C(F)(F)F)cc2)c1)S(=O)(=O)c1ccc(Cl)s1. The lowest BCUT2D eigenvalue weighted by atomic mass is 10.1. The highest BCUT2D eigenvalue weighted by Gasteiger charge is 2.57. The number of benzene rings is 2. The molecule has 0 saturated carbocycles. The quantitative estimate of drug-likeness (QED) is 0.191. The van der Waals surface area contributed by atoms with Gasteiger partial charge in [0.2, 0.25) is 0 Å². The molecule has 1 aliphatic heterocycles. The average Bonchev–Trinajstić information content (AvgIpc) is 3.61. The molecular formula is C30H29ClF3N4O3S2+. The lowest BCUT2D eigenvalue weighted by Crippen LogP contribution is -2.62. The molecule has 0 radical (unpaired) electrons. The van der Waals surface area contributed by atoms with E-state index < -0.39 is 37.7 Å². The molecule has 0 aliphatic carbocycles. The van der Waals surface area contributed by atoms with Crippen molar-refractivity contribution in [2.75, 3.05) is 11.9 Å². The van der Waals surface area contributed by atoms with E-state index in [0.717, 1.165) is 29.0 Å². The van der Waals surface area contributed by atoms with Crippen molar-refractivity contribution in [3.05, 3.63) is 99.9 Å². The summed E-state index contributed by atoms with van der Waals surface area (Å²) in [5, 5.41) is 6.06. The Bertz CT molecular complexity index is 1710. The molecule has 2 N–H and O–H groups in total. The Morgan fingerprint density at radius 3 is 2.35 bits per heavy atom. The van der Waals surface area contributed by atoms with Gasteiger partial charge < -0.3 is 10.6 Å². The second-order valence-corrected chi connectivity index (χ2v) is 14.4. The maximum absolute atomic E-state index is 13.8. The van der Waals surface area contributed by atoms with Crippen LogP contribution in [0.25, 0.3) is 11.3 Å². The lowest BCUT2D eigenvalue weighted by molar-refractivity contribution is -0.733. The zero-order chi connectivity index (χ0) is 30.8. The minimum absolute atomic E-state index is 0.0254. The van der Waals surface area contributed by atoms with Crippen molar-refractivity contribution in [3.63, 3.8) is 0 Å². The number of pyridine rings is 1. The van der Waals surface area contributed by atoms with Gasteiger partial charge in [-0.1, -0.05) is 54.1 Å². The molecule has 13 heteroatoms. The number of anilines is 1. The van der Waals surface area contributed by atoms with E-state index in [0.29, 0.717) is 46.4 Å². The molecule has 1 fully saturated rings. The van der Waals surface area contributed by atoms with Crippen molar-refractivity contribution in [1.82, 2.24) is 10.3 Å². The normalized spacial score (nSPS) is 18.9. The molecule has 1 saturated heterocycles. The fourth-order valence-corrected chi connectivity index (χ4v) is 9.07. The molecule has 5 rings (SSSR count). The van der Waals surface area contributed by atoms with E-state index >= 15 is 0 Å². The van der Waals surface area contributed by atoms with Crippen molar-refractivity contribution in [2.24, 2.45) is 0 Å². The Morgan fingerprint density at radius 2 is 1.74 bits per heavy atom. The monoisotopic (exact) mass is 649 g/mol. The predicted octanol–water partition coefficient (Wildman–Crippen LogP) is 7.69. The second-order valence-electron chi connectivity index (χ2n) is 10.4. The van der Waals surface area contributed by atoms with E-state index in [1.165, 1.54) is 24.3 Å². The van der Waals surface area contributed by atoms with Crippen LogP contribution in [0.15, 0.2) is 83.1 Å². The number of alkyl halides is 3. The van der Waals surface area contributed by atoms with Crippen LogP contribution in [0.2, 0.25) is 4.34 Å². The van der Waals surface area contributed by atoms with Crippen LogP contribution in [0.3, 0.4) is 0 Å². The molecule has 2 amide bonds. The van der Waals surface area contributed by atoms with Gasteiger partial charge in [0, 0.05) is 31.5 Å². The van der Waals surface area contributed by atoms with Gasteiger partial charge in [0.05, 0.1) is 15.6 Å². The highest BCUT2D eigenvalue weighted by Crippen LogP contribution is 2.39. The minimum atomic E-state index is -4.47. The fraction of sp³-hybridized carbons (Fsp3) is 0.267. The van der Waals surface area contributed by atoms with Gasteiger partial charge in [-0.05, 0) is 54.4 Å². The number of nitrogens with zero attached hydrogens (tertiary/aromatic N) is 2. The highest BCUT2D eigenvalue weighted by atomic mass is 35.5. The van der Waals surface area contributed by atoms with Gasteiger partial charge in [-0.25, -0.2) is 9.78 Å². The molecule has 226 valence electrons. The molecule has 2 atom stereocenters. The van der Waals surface area contributed by atoms with Crippen LogP contribution >= 0.6 is 22.9 Å². The molecule has 0 bridgehead atoms. The summed E-state index contributed by atoms with van der Waals surface area (Å²) in [7, 11) is -4.10. The summed E-state index contributed by atoms with van der Waals surface area (Å²) in [6, 6.07) is 19.4. The first kappa shape index (κ1) is 31.0. The Kier molecular flexibility index (Phi) is 8.85. The zero-order valence-corrected chi connectivity index (χ0v) is 25.5. The van der Waals surface area contributed by atoms with Crippen molar-refractivity contribution < 1.29 is 30.3 Å². The molecule has 2 aromatic carbocycles. The molecule has 7 nitrogen and oxygen atoms in total. The summed E-state index contributed by atoms with van der Waals surface area (Å²) in [4.78, 5) is 18.4. The molecule has 2 aromatic heterocycles. The Hall–Kier alpha value is -3.45. The van der Waals surface area contributed by atoms with Gasteiger partial charge in [0.1, 0.15) is 18.4 Å².